The van der Waals surface area contributed by atoms with Gasteiger partial charge in [0.15, 0.2) is 6.04 Å². The average Bonchev–Trinajstić information content (AvgIpc) is 2.78. The lowest BCUT2D eigenvalue weighted by atomic mass is 9.97. The molecule has 0 aliphatic carbocycles. The van der Waals surface area contributed by atoms with Crippen molar-refractivity contribution in [2.45, 2.75) is 25.9 Å². The summed E-state index contributed by atoms with van der Waals surface area (Å²) in [5.41, 5.74) is 3.66. The van der Waals surface area contributed by atoms with Crippen molar-refractivity contribution in [2.24, 2.45) is 0 Å². The molecule has 0 bridgehead atoms. The van der Waals surface area contributed by atoms with Crippen LogP contribution in [0.15, 0.2) is 72.8 Å². The Balaban J connectivity index is 1.80. The zero-order valence-corrected chi connectivity index (χ0v) is 17.7. The van der Waals surface area contributed by atoms with E-state index in [1.54, 1.807) is 0 Å². The van der Waals surface area contributed by atoms with E-state index in [0.717, 1.165) is 11.1 Å². The van der Waals surface area contributed by atoms with Crippen LogP contribution < -0.4 is 15.4 Å². The highest BCUT2D eigenvalue weighted by Gasteiger charge is 2.25. The van der Waals surface area contributed by atoms with Crippen LogP contribution >= 0.6 is 0 Å². The van der Waals surface area contributed by atoms with E-state index in [-0.39, 0.29) is 23.4 Å². The van der Waals surface area contributed by atoms with Crippen molar-refractivity contribution < 1.29 is 19.8 Å². The quantitative estimate of drug-likeness (QED) is 0.430. The zero-order valence-electron chi connectivity index (χ0n) is 17.7. The number of hydrogen-bond donors (Lipinski definition) is 2. The van der Waals surface area contributed by atoms with Crippen LogP contribution in [0.2, 0.25) is 0 Å². The van der Waals surface area contributed by atoms with Crippen LogP contribution in [0.5, 0.6) is 5.75 Å². The summed E-state index contributed by atoms with van der Waals surface area (Å²) >= 11 is 0. The number of rotatable bonds is 8. The molecule has 1 amide bonds. The Morgan fingerprint density at radius 3 is 2.29 bits per heavy atom. The number of nitro benzene ring substituents is 1. The fourth-order valence-corrected chi connectivity index (χ4v) is 3.37. The van der Waals surface area contributed by atoms with Gasteiger partial charge in [-0.1, -0.05) is 60.2 Å². The molecule has 31 heavy (non-hydrogen) atoms. The fraction of sp³-hybridized carbons (Fsp3) is 0.208. The Hall–Kier alpha value is -3.71. The Bertz CT molecular complexity index is 1050. The minimum absolute atomic E-state index is 0.0543. The van der Waals surface area contributed by atoms with Crippen molar-refractivity contribution in [2.75, 3.05) is 12.4 Å². The number of nitrogens with two attached hydrogens (primary N) is 1. The molecule has 0 radical (unpaired) electrons. The SMILES string of the molecule is COc1cc([N+](=O)[O-])ccc1NC(=O)[C@H](C)[NH2+][C@@H](c1ccccc1)c1ccc(C)cc1. The summed E-state index contributed by atoms with van der Waals surface area (Å²) in [5.74, 6) is 0.0214. The molecule has 0 saturated carbocycles. The largest absolute Gasteiger partial charge is 0.494 e. The standard InChI is InChI=1S/C24H25N3O4/c1-16-9-11-19(12-10-16)23(18-7-5-4-6-8-18)25-17(2)24(28)26-21-14-13-20(27(29)30)15-22(21)31-3/h4-15,17,23,25H,1-3H3,(H,26,28)/p+1/t17-,23-/m0/s1. The fourth-order valence-electron chi connectivity index (χ4n) is 3.37. The predicted octanol–water partition coefficient (Wildman–Crippen LogP) is 3.59. The molecule has 0 spiro atoms. The van der Waals surface area contributed by atoms with E-state index in [1.807, 2.05) is 49.5 Å². The molecule has 0 aliphatic rings. The molecule has 3 aromatic rings. The van der Waals surface area contributed by atoms with Crippen LogP contribution in [0.3, 0.4) is 0 Å². The van der Waals surface area contributed by atoms with Crippen LogP contribution in [-0.4, -0.2) is 24.0 Å². The van der Waals surface area contributed by atoms with E-state index < -0.39 is 11.0 Å². The van der Waals surface area contributed by atoms with Gasteiger partial charge in [-0.25, -0.2) is 0 Å². The lowest BCUT2D eigenvalue weighted by molar-refractivity contribution is -0.704. The van der Waals surface area contributed by atoms with Gasteiger partial charge in [0.25, 0.3) is 11.6 Å². The number of non-ortho nitro benzene ring substituents is 1. The Kier molecular flexibility index (Phi) is 6.99. The van der Waals surface area contributed by atoms with Crippen LogP contribution in [0.1, 0.15) is 29.7 Å². The van der Waals surface area contributed by atoms with E-state index in [9.17, 15) is 14.9 Å². The Morgan fingerprint density at radius 2 is 1.68 bits per heavy atom. The molecule has 160 valence electrons. The van der Waals surface area contributed by atoms with E-state index in [0.29, 0.717) is 5.69 Å². The summed E-state index contributed by atoms with van der Waals surface area (Å²) in [4.78, 5) is 23.4. The molecule has 0 fully saturated rings. The third-order valence-corrected chi connectivity index (χ3v) is 5.14. The molecule has 0 unspecified atom stereocenters. The first-order valence-electron chi connectivity index (χ1n) is 9.99. The molecule has 7 heteroatoms. The van der Waals surface area contributed by atoms with Crippen LogP contribution in [0, 0.1) is 17.0 Å². The average molecular weight is 420 g/mol. The molecule has 7 nitrogen and oxygen atoms in total. The zero-order chi connectivity index (χ0) is 22.4. The molecule has 3 aromatic carbocycles. The predicted molar refractivity (Wildman–Crippen MR) is 119 cm³/mol. The van der Waals surface area contributed by atoms with Crippen molar-refractivity contribution in [3.63, 3.8) is 0 Å². The number of methoxy groups -OCH3 is 1. The highest BCUT2D eigenvalue weighted by molar-refractivity contribution is 5.95. The molecule has 2 atom stereocenters. The topological polar surface area (TPSA) is 98.1 Å². The summed E-state index contributed by atoms with van der Waals surface area (Å²) < 4.78 is 5.22. The van der Waals surface area contributed by atoms with E-state index in [1.165, 1.54) is 30.9 Å². The van der Waals surface area contributed by atoms with Gasteiger partial charge >= 0.3 is 0 Å². The normalized spacial score (nSPS) is 12.6. The summed E-state index contributed by atoms with van der Waals surface area (Å²) in [6.07, 6.45) is 0. The van der Waals surface area contributed by atoms with E-state index in [4.69, 9.17) is 4.74 Å². The number of aryl methyl sites for hydroxylation is 1. The molecule has 0 saturated heterocycles. The van der Waals surface area contributed by atoms with Gasteiger partial charge in [0.2, 0.25) is 0 Å². The first-order valence-corrected chi connectivity index (χ1v) is 9.99. The van der Waals surface area contributed by atoms with Gasteiger partial charge in [-0.3, -0.25) is 14.9 Å². The summed E-state index contributed by atoms with van der Waals surface area (Å²) in [7, 11) is 1.41. The number of nitrogens with zero attached hydrogens (tertiary/aromatic N) is 1. The summed E-state index contributed by atoms with van der Waals surface area (Å²) in [6, 6.07) is 21.9. The summed E-state index contributed by atoms with van der Waals surface area (Å²) in [5, 5.41) is 15.8. The van der Waals surface area contributed by atoms with Crippen molar-refractivity contribution in [1.82, 2.24) is 0 Å². The third-order valence-electron chi connectivity index (χ3n) is 5.14. The maximum atomic E-state index is 12.9. The van der Waals surface area contributed by atoms with Crippen LogP contribution in [0.4, 0.5) is 11.4 Å². The van der Waals surface area contributed by atoms with E-state index >= 15 is 0 Å². The Labute approximate surface area is 181 Å². The first-order chi connectivity index (χ1) is 14.9. The van der Waals surface area contributed by atoms with Gasteiger partial charge in [-0.15, -0.1) is 0 Å². The number of amides is 1. The lowest BCUT2D eigenvalue weighted by Crippen LogP contribution is -2.92. The minimum Gasteiger partial charge on any atom is -0.494 e. The smallest absolute Gasteiger partial charge is 0.282 e. The molecule has 3 rings (SSSR count). The second-order valence-electron chi connectivity index (χ2n) is 7.41. The number of quaternary nitrogens is 1. The van der Waals surface area contributed by atoms with Gasteiger partial charge in [0.1, 0.15) is 11.8 Å². The second kappa shape index (κ2) is 9.86. The molecule has 0 aromatic heterocycles. The molecular weight excluding hydrogens is 394 g/mol. The van der Waals surface area contributed by atoms with Crippen molar-refractivity contribution in [3.8, 4) is 5.75 Å². The number of benzene rings is 3. The molecule has 3 N–H and O–H groups in total. The number of nitro groups is 1. The van der Waals surface area contributed by atoms with E-state index in [2.05, 4.69) is 29.6 Å². The molecule has 0 heterocycles. The van der Waals surface area contributed by atoms with Gasteiger partial charge in [-0.2, -0.15) is 0 Å². The first kappa shape index (κ1) is 22.0. The highest BCUT2D eigenvalue weighted by atomic mass is 16.6. The number of anilines is 1. The van der Waals surface area contributed by atoms with Crippen molar-refractivity contribution >= 4 is 17.3 Å². The van der Waals surface area contributed by atoms with Gasteiger partial charge < -0.3 is 15.4 Å². The summed E-state index contributed by atoms with van der Waals surface area (Å²) in [6.45, 7) is 3.87. The number of carbonyl (C=O) groups excluding carboxylic acids is 1. The van der Waals surface area contributed by atoms with Gasteiger partial charge in [0, 0.05) is 17.2 Å². The third kappa shape index (κ3) is 5.46. The molecular formula is C24H26N3O4+. The highest BCUT2D eigenvalue weighted by Crippen LogP contribution is 2.29. The number of nitrogens with one attached hydrogen (secondary N) is 1. The maximum Gasteiger partial charge on any atom is 0.282 e. The Morgan fingerprint density at radius 1 is 1.03 bits per heavy atom. The lowest BCUT2D eigenvalue weighted by Gasteiger charge is -2.21. The van der Waals surface area contributed by atoms with Gasteiger partial charge in [-0.05, 0) is 19.9 Å². The van der Waals surface area contributed by atoms with Crippen molar-refractivity contribution in [3.05, 3.63) is 99.6 Å². The van der Waals surface area contributed by atoms with Crippen LogP contribution in [-0.2, 0) is 4.79 Å². The molecule has 0 aliphatic heterocycles. The maximum absolute atomic E-state index is 12.9. The van der Waals surface area contributed by atoms with Gasteiger partial charge in [0.05, 0.1) is 23.8 Å². The van der Waals surface area contributed by atoms with Crippen LogP contribution in [0.25, 0.3) is 0 Å². The number of ether oxygens (including phenoxy) is 1. The minimum atomic E-state index is -0.503. The second-order valence-corrected chi connectivity index (χ2v) is 7.41. The number of carbonyl (C=O) groups is 1. The monoisotopic (exact) mass is 420 g/mol. The van der Waals surface area contributed by atoms with Crippen molar-refractivity contribution in [1.29, 1.82) is 0 Å². The number of hydrogen-bond acceptors (Lipinski definition) is 4.